The molecule has 18 heavy (non-hydrogen) atoms. The van der Waals surface area contributed by atoms with Crippen LogP contribution in [-0.2, 0) is 6.42 Å². The van der Waals surface area contributed by atoms with Crippen molar-refractivity contribution in [3.05, 3.63) is 44.0 Å². The third kappa shape index (κ3) is 2.92. The smallest absolute Gasteiger partial charge is 0.314 e. The third-order valence-corrected chi connectivity index (χ3v) is 2.45. The van der Waals surface area contributed by atoms with Gasteiger partial charge in [0.1, 0.15) is 6.61 Å². The highest BCUT2D eigenvalue weighted by molar-refractivity contribution is 5.52. The number of nitro groups is 2. The first kappa shape index (κ1) is 13.8. The van der Waals surface area contributed by atoms with Gasteiger partial charge in [-0.2, -0.15) is 0 Å². The number of hydrogen-bond acceptors (Lipinski definition) is 6. The van der Waals surface area contributed by atoms with Crippen molar-refractivity contribution in [3.63, 3.8) is 0 Å². The van der Waals surface area contributed by atoms with E-state index in [4.69, 9.17) is 9.84 Å². The van der Waals surface area contributed by atoms with Crippen LogP contribution in [0.1, 0.15) is 5.56 Å². The Hall–Kier alpha value is -2.22. The van der Waals surface area contributed by atoms with Crippen LogP contribution in [0.15, 0.2) is 18.2 Å². The van der Waals surface area contributed by atoms with Gasteiger partial charge in [0.25, 0.3) is 0 Å². The maximum atomic E-state index is 10.9. The zero-order valence-corrected chi connectivity index (χ0v) is 9.61. The van der Waals surface area contributed by atoms with E-state index < -0.39 is 22.5 Å². The highest BCUT2D eigenvalue weighted by Crippen LogP contribution is 2.31. The van der Waals surface area contributed by atoms with E-state index in [2.05, 4.69) is 0 Å². The number of hydrogen-bond donors (Lipinski definition) is 1. The summed E-state index contributed by atoms with van der Waals surface area (Å²) in [6.07, 6.45) is -0.225. The van der Waals surface area contributed by atoms with Gasteiger partial charge in [-0.3, -0.25) is 20.2 Å². The fraction of sp³-hybridized carbons (Fsp3) is 0.400. The van der Waals surface area contributed by atoms with Gasteiger partial charge >= 0.3 is 5.69 Å². The summed E-state index contributed by atoms with van der Waals surface area (Å²) >= 11 is 0. The van der Waals surface area contributed by atoms with Gasteiger partial charge in [0.15, 0.2) is 5.75 Å². The molecule has 0 radical (unpaired) electrons. The zero-order chi connectivity index (χ0) is 13.7. The summed E-state index contributed by atoms with van der Waals surface area (Å²) in [5.41, 5.74) is -0.143. The average molecular weight is 256 g/mol. The van der Waals surface area contributed by atoms with Crippen molar-refractivity contribution in [2.75, 3.05) is 13.7 Å². The number of benzene rings is 1. The quantitative estimate of drug-likeness (QED) is 0.594. The summed E-state index contributed by atoms with van der Waals surface area (Å²) in [5.74, 6) is 0.0394. The Morgan fingerprint density at radius 2 is 2.06 bits per heavy atom. The van der Waals surface area contributed by atoms with E-state index in [9.17, 15) is 20.2 Å². The lowest BCUT2D eigenvalue weighted by Crippen LogP contribution is -2.26. The second kappa shape index (κ2) is 5.92. The Labute approximate surface area is 102 Å². The molecular formula is C10H12N2O6. The van der Waals surface area contributed by atoms with Crippen molar-refractivity contribution in [2.24, 2.45) is 0 Å². The van der Waals surface area contributed by atoms with E-state index in [1.165, 1.54) is 25.3 Å². The topological polar surface area (TPSA) is 116 Å². The molecule has 0 amide bonds. The molecule has 0 saturated heterocycles. The SMILES string of the molecule is COc1cccc(CC(CO)[N+](=O)[O-])c1[N+](=O)[O-]. The minimum Gasteiger partial charge on any atom is -0.490 e. The van der Waals surface area contributed by atoms with Crippen LogP contribution >= 0.6 is 0 Å². The lowest BCUT2D eigenvalue weighted by molar-refractivity contribution is -0.525. The van der Waals surface area contributed by atoms with Crippen molar-refractivity contribution in [1.82, 2.24) is 0 Å². The standard InChI is InChI=1S/C10H12N2O6/c1-18-9-4-2-3-7(10(9)12(16)17)5-8(6-13)11(14)15/h2-4,8,13H,5-6H2,1H3. The Balaban J connectivity index is 3.15. The van der Waals surface area contributed by atoms with Crippen molar-refractivity contribution in [3.8, 4) is 5.75 Å². The lowest BCUT2D eigenvalue weighted by atomic mass is 10.0. The number of nitro benzene ring substituents is 1. The number of nitrogens with zero attached hydrogens (tertiary/aromatic N) is 2. The fourth-order valence-corrected chi connectivity index (χ4v) is 1.56. The van der Waals surface area contributed by atoms with Gasteiger partial charge in [-0.05, 0) is 6.07 Å². The monoisotopic (exact) mass is 256 g/mol. The molecule has 8 heteroatoms. The number of rotatable bonds is 6. The van der Waals surface area contributed by atoms with E-state index in [0.717, 1.165) is 0 Å². The zero-order valence-electron chi connectivity index (χ0n) is 9.61. The third-order valence-electron chi connectivity index (χ3n) is 2.45. The van der Waals surface area contributed by atoms with Crippen molar-refractivity contribution < 1.29 is 19.7 Å². The second-order valence-electron chi connectivity index (χ2n) is 3.55. The molecule has 1 unspecified atom stereocenters. The summed E-state index contributed by atoms with van der Waals surface area (Å²) < 4.78 is 4.85. The summed E-state index contributed by atoms with van der Waals surface area (Å²) in [7, 11) is 1.28. The summed E-state index contributed by atoms with van der Waals surface area (Å²) in [5, 5.41) is 30.4. The van der Waals surface area contributed by atoms with Gasteiger partial charge in [-0.25, -0.2) is 0 Å². The van der Waals surface area contributed by atoms with E-state index in [-0.39, 0.29) is 23.4 Å². The molecule has 0 aliphatic heterocycles. The van der Waals surface area contributed by atoms with Crippen LogP contribution in [0.5, 0.6) is 5.75 Å². The number of aliphatic hydroxyl groups excluding tert-OH is 1. The predicted molar refractivity (Wildman–Crippen MR) is 61.2 cm³/mol. The van der Waals surface area contributed by atoms with E-state index in [1.807, 2.05) is 0 Å². The maximum Gasteiger partial charge on any atom is 0.314 e. The molecule has 1 aromatic carbocycles. The van der Waals surface area contributed by atoms with Crippen molar-refractivity contribution in [2.45, 2.75) is 12.5 Å². The summed E-state index contributed by atoms with van der Waals surface area (Å²) in [4.78, 5) is 20.2. The Bertz CT molecular complexity index is 462. The molecule has 0 spiro atoms. The van der Waals surface area contributed by atoms with Gasteiger partial charge < -0.3 is 9.84 Å². The Kier molecular flexibility index (Phi) is 4.55. The Morgan fingerprint density at radius 1 is 1.39 bits per heavy atom. The average Bonchev–Trinajstić information content (AvgIpc) is 2.34. The molecule has 0 aromatic heterocycles. The minimum atomic E-state index is -1.27. The molecule has 0 fully saturated rings. The molecule has 1 N–H and O–H groups in total. The fourth-order valence-electron chi connectivity index (χ4n) is 1.56. The second-order valence-corrected chi connectivity index (χ2v) is 3.55. The predicted octanol–water partition coefficient (Wildman–Crippen LogP) is 0.783. The van der Waals surface area contributed by atoms with Crippen LogP contribution in [0.25, 0.3) is 0 Å². The molecule has 8 nitrogen and oxygen atoms in total. The number of para-hydroxylation sites is 1. The molecular weight excluding hydrogens is 244 g/mol. The highest BCUT2D eigenvalue weighted by atomic mass is 16.6. The largest absolute Gasteiger partial charge is 0.490 e. The molecule has 1 rings (SSSR count). The number of aliphatic hydroxyl groups is 1. The van der Waals surface area contributed by atoms with Gasteiger partial charge in [-0.15, -0.1) is 0 Å². The van der Waals surface area contributed by atoms with Crippen molar-refractivity contribution >= 4 is 5.69 Å². The van der Waals surface area contributed by atoms with Crippen molar-refractivity contribution in [1.29, 1.82) is 0 Å². The van der Waals surface area contributed by atoms with Crippen LogP contribution < -0.4 is 4.74 Å². The van der Waals surface area contributed by atoms with Gasteiger partial charge in [0.2, 0.25) is 6.04 Å². The molecule has 0 aliphatic rings. The van der Waals surface area contributed by atoms with Gasteiger partial charge in [-0.1, -0.05) is 12.1 Å². The first-order chi connectivity index (χ1) is 8.51. The first-order valence-corrected chi connectivity index (χ1v) is 5.05. The normalized spacial score (nSPS) is 11.9. The number of methoxy groups -OCH3 is 1. The van der Waals surface area contributed by atoms with Crippen LogP contribution in [0.4, 0.5) is 5.69 Å². The molecule has 1 aromatic rings. The van der Waals surface area contributed by atoms with Crippen LogP contribution in [0.3, 0.4) is 0 Å². The van der Waals surface area contributed by atoms with Crippen LogP contribution in [0.2, 0.25) is 0 Å². The first-order valence-electron chi connectivity index (χ1n) is 5.05. The molecule has 1 atom stereocenters. The molecule has 0 heterocycles. The highest BCUT2D eigenvalue weighted by Gasteiger charge is 2.27. The molecule has 0 aliphatic carbocycles. The van der Waals surface area contributed by atoms with E-state index in [1.54, 1.807) is 0 Å². The van der Waals surface area contributed by atoms with E-state index >= 15 is 0 Å². The minimum absolute atomic E-state index is 0.0394. The molecule has 98 valence electrons. The number of ether oxygens (including phenoxy) is 1. The summed E-state index contributed by atoms with van der Waals surface area (Å²) in [6, 6.07) is 3.06. The summed E-state index contributed by atoms with van der Waals surface area (Å²) in [6.45, 7) is -0.679. The van der Waals surface area contributed by atoms with Crippen LogP contribution in [-0.4, -0.2) is 34.7 Å². The van der Waals surface area contributed by atoms with Gasteiger partial charge in [0, 0.05) is 16.9 Å². The maximum absolute atomic E-state index is 10.9. The van der Waals surface area contributed by atoms with E-state index in [0.29, 0.717) is 0 Å². The Morgan fingerprint density at radius 3 is 2.50 bits per heavy atom. The van der Waals surface area contributed by atoms with Crippen LogP contribution in [0, 0.1) is 20.2 Å². The lowest BCUT2D eigenvalue weighted by Gasteiger charge is -2.09. The molecule has 0 bridgehead atoms. The molecule has 0 saturated carbocycles. The van der Waals surface area contributed by atoms with Gasteiger partial charge in [0.05, 0.1) is 12.0 Å².